The first kappa shape index (κ1) is 14.2. The van der Waals surface area contributed by atoms with Gasteiger partial charge in [0.15, 0.2) is 0 Å². The number of rotatable bonds is 3. The van der Waals surface area contributed by atoms with Gasteiger partial charge in [0.05, 0.1) is 0 Å². The zero-order valence-electron chi connectivity index (χ0n) is 11.5. The third kappa shape index (κ3) is 2.71. The standard InChI is InChI=1S/C13H17N3O4/c1-8-6-9(2)16(13(20)14-8)7-11(17)15-5-3-4-10(15)12(18)19/h6,10H,3-5,7H2,1-2H3,(H,18,19)/t10-/m0/s1. The summed E-state index contributed by atoms with van der Waals surface area (Å²) in [6.45, 7) is 3.69. The Kier molecular flexibility index (Phi) is 3.87. The van der Waals surface area contributed by atoms with E-state index >= 15 is 0 Å². The number of carboxylic acid groups (broad SMARTS) is 1. The van der Waals surface area contributed by atoms with Gasteiger partial charge in [-0.2, -0.15) is 4.98 Å². The molecule has 2 rings (SSSR count). The summed E-state index contributed by atoms with van der Waals surface area (Å²) in [5.74, 6) is -1.35. The number of aliphatic carboxylic acids is 1. The van der Waals surface area contributed by atoms with Crippen LogP contribution in [0.3, 0.4) is 0 Å². The molecule has 1 fully saturated rings. The van der Waals surface area contributed by atoms with Crippen LogP contribution in [0.5, 0.6) is 0 Å². The molecule has 0 saturated carbocycles. The van der Waals surface area contributed by atoms with Crippen molar-refractivity contribution in [2.45, 2.75) is 39.3 Å². The Balaban J connectivity index is 2.20. The minimum atomic E-state index is -0.998. The largest absolute Gasteiger partial charge is 0.480 e. The molecule has 0 aromatic carbocycles. The van der Waals surface area contributed by atoms with Crippen molar-refractivity contribution in [1.82, 2.24) is 14.5 Å². The predicted molar refractivity (Wildman–Crippen MR) is 70.3 cm³/mol. The molecule has 108 valence electrons. The van der Waals surface area contributed by atoms with Crippen LogP contribution in [0.1, 0.15) is 24.2 Å². The molecular formula is C13H17N3O4. The molecule has 1 saturated heterocycles. The monoisotopic (exact) mass is 279 g/mol. The molecule has 1 aromatic rings. The van der Waals surface area contributed by atoms with Crippen LogP contribution in [0.4, 0.5) is 0 Å². The van der Waals surface area contributed by atoms with Gasteiger partial charge in [0.1, 0.15) is 12.6 Å². The number of amides is 1. The molecule has 7 nitrogen and oxygen atoms in total. The molecule has 0 unspecified atom stereocenters. The summed E-state index contributed by atoms with van der Waals surface area (Å²) in [6.07, 6.45) is 1.13. The quantitative estimate of drug-likeness (QED) is 0.836. The van der Waals surface area contributed by atoms with Gasteiger partial charge in [-0.15, -0.1) is 0 Å². The third-order valence-electron chi connectivity index (χ3n) is 3.50. The summed E-state index contributed by atoms with van der Waals surface area (Å²) in [5, 5.41) is 9.07. The average Bonchev–Trinajstić information content (AvgIpc) is 2.82. The van der Waals surface area contributed by atoms with Gasteiger partial charge < -0.3 is 10.0 Å². The van der Waals surface area contributed by atoms with E-state index in [-0.39, 0.29) is 12.5 Å². The van der Waals surface area contributed by atoms with E-state index in [1.807, 2.05) is 0 Å². The highest BCUT2D eigenvalue weighted by Crippen LogP contribution is 2.17. The zero-order chi connectivity index (χ0) is 14.9. The molecule has 0 aliphatic carbocycles. The molecule has 1 aliphatic rings. The van der Waals surface area contributed by atoms with Crippen molar-refractivity contribution in [3.05, 3.63) is 27.9 Å². The van der Waals surface area contributed by atoms with Crippen LogP contribution >= 0.6 is 0 Å². The van der Waals surface area contributed by atoms with Gasteiger partial charge in [-0.25, -0.2) is 9.59 Å². The number of aromatic nitrogens is 2. The van der Waals surface area contributed by atoms with E-state index in [9.17, 15) is 14.4 Å². The lowest BCUT2D eigenvalue weighted by molar-refractivity contribution is -0.148. The molecule has 20 heavy (non-hydrogen) atoms. The van der Waals surface area contributed by atoms with E-state index in [0.29, 0.717) is 30.8 Å². The minimum Gasteiger partial charge on any atom is -0.480 e. The van der Waals surface area contributed by atoms with Crippen LogP contribution in [0.25, 0.3) is 0 Å². The van der Waals surface area contributed by atoms with Gasteiger partial charge in [-0.3, -0.25) is 9.36 Å². The Bertz CT molecular complexity index is 608. The maximum absolute atomic E-state index is 12.2. The molecular weight excluding hydrogens is 262 g/mol. The summed E-state index contributed by atoms with van der Waals surface area (Å²) in [5.41, 5.74) is 0.754. The lowest BCUT2D eigenvalue weighted by atomic mass is 10.2. The lowest BCUT2D eigenvalue weighted by Gasteiger charge is -2.22. The molecule has 0 radical (unpaired) electrons. The zero-order valence-corrected chi connectivity index (χ0v) is 11.5. The van der Waals surface area contributed by atoms with Crippen molar-refractivity contribution in [2.75, 3.05) is 6.54 Å². The van der Waals surface area contributed by atoms with Gasteiger partial charge in [-0.1, -0.05) is 0 Å². The van der Waals surface area contributed by atoms with Crippen molar-refractivity contribution >= 4 is 11.9 Å². The number of hydrogen-bond donors (Lipinski definition) is 1. The Morgan fingerprint density at radius 3 is 2.75 bits per heavy atom. The van der Waals surface area contributed by atoms with Gasteiger partial charge in [0.2, 0.25) is 5.91 Å². The number of carboxylic acids is 1. The van der Waals surface area contributed by atoms with Crippen LogP contribution in [-0.2, 0) is 16.1 Å². The van der Waals surface area contributed by atoms with E-state index in [0.717, 1.165) is 0 Å². The lowest BCUT2D eigenvalue weighted by Crippen LogP contribution is -2.43. The van der Waals surface area contributed by atoms with Crippen molar-refractivity contribution < 1.29 is 14.7 Å². The van der Waals surface area contributed by atoms with E-state index < -0.39 is 17.7 Å². The second-order valence-corrected chi connectivity index (χ2v) is 4.99. The first-order valence-corrected chi connectivity index (χ1v) is 6.47. The maximum Gasteiger partial charge on any atom is 0.348 e. The second-order valence-electron chi connectivity index (χ2n) is 4.99. The molecule has 0 spiro atoms. The average molecular weight is 279 g/mol. The Morgan fingerprint density at radius 1 is 1.45 bits per heavy atom. The van der Waals surface area contributed by atoms with E-state index in [1.54, 1.807) is 19.9 Å². The van der Waals surface area contributed by atoms with Gasteiger partial charge >= 0.3 is 11.7 Å². The molecule has 0 bridgehead atoms. The number of hydrogen-bond acceptors (Lipinski definition) is 4. The highest BCUT2D eigenvalue weighted by Gasteiger charge is 2.34. The van der Waals surface area contributed by atoms with Crippen molar-refractivity contribution in [1.29, 1.82) is 0 Å². The number of likely N-dealkylation sites (tertiary alicyclic amines) is 1. The highest BCUT2D eigenvalue weighted by molar-refractivity contribution is 5.84. The number of aryl methyl sites for hydroxylation is 2. The fourth-order valence-corrected chi connectivity index (χ4v) is 2.51. The Morgan fingerprint density at radius 2 is 2.15 bits per heavy atom. The molecule has 2 heterocycles. The highest BCUT2D eigenvalue weighted by atomic mass is 16.4. The van der Waals surface area contributed by atoms with Crippen LogP contribution in [-0.4, -0.2) is 44.0 Å². The summed E-state index contributed by atoms with van der Waals surface area (Å²) >= 11 is 0. The smallest absolute Gasteiger partial charge is 0.348 e. The fraction of sp³-hybridized carbons (Fsp3) is 0.538. The van der Waals surface area contributed by atoms with Crippen molar-refractivity contribution in [3.63, 3.8) is 0 Å². The fourth-order valence-electron chi connectivity index (χ4n) is 2.51. The number of nitrogens with zero attached hydrogens (tertiary/aromatic N) is 3. The molecule has 1 atom stereocenters. The van der Waals surface area contributed by atoms with Crippen molar-refractivity contribution in [2.24, 2.45) is 0 Å². The minimum absolute atomic E-state index is 0.165. The molecule has 7 heteroatoms. The van der Waals surface area contributed by atoms with E-state index in [2.05, 4.69) is 4.98 Å². The third-order valence-corrected chi connectivity index (χ3v) is 3.50. The molecule has 1 aromatic heterocycles. The normalized spacial score (nSPS) is 18.3. The molecule has 1 aliphatic heterocycles. The van der Waals surface area contributed by atoms with Crippen LogP contribution in [0.15, 0.2) is 10.9 Å². The SMILES string of the molecule is Cc1cc(C)n(CC(=O)N2CCC[C@H]2C(=O)O)c(=O)n1. The van der Waals surface area contributed by atoms with E-state index in [1.165, 1.54) is 9.47 Å². The maximum atomic E-state index is 12.2. The molecule has 1 N–H and O–H groups in total. The summed E-state index contributed by atoms with van der Waals surface area (Å²) in [6, 6.07) is 0.935. The van der Waals surface area contributed by atoms with E-state index in [4.69, 9.17) is 5.11 Å². The summed E-state index contributed by atoms with van der Waals surface area (Å²) < 4.78 is 1.27. The number of carbonyl (C=O) groups excluding carboxylic acids is 1. The Hall–Kier alpha value is -2.18. The summed E-state index contributed by atoms with van der Waals surface area (Å²) in [4.78, 5) is 40.2. The molecule has 1 amide bonds. The predicted octanol–water partition coefficient (Wildman–Crippen LogP) is -0.0643. The summed E-state index contributed by atoms with van der Waals surface area (Å²) in [7, 11) is 0. The van der Waals surface area contributed by atoms with Crippen LogP contribution in [0.2, 0.25) is 0 Å². The van der Waals surface area contributed by atoms with Crippen LogP contribution in [0, 0.1) is 13.8 Å². The first-order valence-electron chi connectivity index (χ1n) is 6.47. The number of carbonyl (C=O) groups is 2. The first-order chi connectivity index (χ1) is 9.40. The van der Waals surface area contributed by atoms with Gasteiger partial charge in [0.25, 0.3) is 0 Å². The Labute approximate surface area is 115 Å². The van der Waals surface area contributed by atoms with Crippen LogP contribution < -0.4 is 5.69 Å². The second kappa shape index (κ2) is 5.44. The topological polar surface area (TPSA) is 92.5 Å². The van der Waals surface area contributed by atoms with Gasteiger partial charge in [-0.05, 0) is 32.8 Å². The van der Waals surface area contributed by atoms with Gasteiger partial charge in [0, 0.05) is 17.9 Å². The van der Waals surface area contributed by atoms with Crippen molar-refractivity contribution in [3.8, 4) is 0 Å².